The molecule has 1 N–H and O–H groups in total. The Hall–Kier alpha value is -1.72. The molecule has 0 aromatic carbocycles. The lowest BCUT2D eigenvalue weighted by atomic mass is 10.1. The van der Waals surface area contributed by atoms with E-state index in [2.05, 4.69) is 85.2 Å². The number of carbonyl (C=O) groups is 2. The Morgan fingerprint density at radius 2 is 1.12 bits per heavy atom. The van der Waals surface area contributed by atoms with Crippen molar-refractivity contribution in [2.45, 2.75) is 78.1 Å². The first kappa shape index (κ1) is 32.3. The van der Waals surface area contributed by atoms with E-state index in [0.717, 1.165) is 62.9 Å². The second kappa shape index (κ2) is 27.5. The van der Waals surface area contributed by atoms with Crippen molar-refractivity contribution in [2.24, 2.45) is 0 Å². The van der Waals surface area contributed by atoms with Gasteiger partial charge in [0.1, 0.15) is 5.78 Å². The molecule has 3 nitrogen and oxygen atoms in total. The molecule has 0 aliphatic rings. The molecule has 0 fully saturated rings. The van der Waals surface area contributed by atoms with Crippen molar-refractivity contribution < 1.29 is 9.59 Å². The number of allylic oxidation sites excluding steroid dienone is 12. The van der Waals surface area contributed by atoms with E-state index in [4.69, 9.17) is 0 Å². The Morgan fingerprint density at radius 1 is 0.647 bits per heavy atom. The third kappa shape index (κ3) is 28.3. The first-order valence-corrected chi connectivity index (χ1v) is 15.1. The van der Waals surface area contributed by atoms with Crippen molar-refractivity contribution in [2.75, 3.05) is 18.1 Å². The topological polar surface area (TPSA) is 46.2 Å². The first-order chi connectivity index (χ1) is 16.7. The maximum absolute atomic E-state index is 11.9. The Kier molecular flexibility index (Phi) is 26.1. The second-order valence-corrected chi connectivity index (χ2v) is 10.4. The molecule has 190 valence electrons. The SMILES string of the molecule is CC/C=C\C/C=C\C/C=C\C/C=C\C/C=C\C/C=C\CCC(=O)CCCSSCCNC(C)=O. The van der Waals surface area contributed by atoms with Gasteiger partial charge in [-0.3, -0.25) is 9.59 Å². The number of Topliss-reactive ketones (excluding diaryl/α,β-unsaturated/α-hetero) is 1. The van der Waals surface area contributed by atoms with Crippen LogP contribution in [0.5, 0.6) is 0 Å². The largest absolute Gasteiger partial charge is 0.355 e. The number of rotatable bonds is 22. The van der Waals surface area contributed by atoms with Crippen molar-refractivity contribution in [3.63, 3.8) is 0 Å². The monoisotopic (exact) mass is 503 g/mol. The average Bonchev–Trinajstić information content (AvgIpc) is 2.82. The van der Waals surface area contributed by atoms with Crippen molar-refractivity contribution in [1.29, 1.82) is 0 Å². The molecule has 0 spiro atoms. The highest BCUT2D eigenvalue weighted by molar-refractivity contribution is 8.76. The minimum absolute atomic E-state index is 0.0168. The number of hydrogen-bond acceptors (Lipinski definition) is 4. The molecule has 1 amide bonds. The lowest BCUT2D eigenvalue weighted by Crippen LogP contribution is -2.22. The highest BCUT2D eigenvalue weighted by Gasteiger charge is 2.00. The summed E-state index contributed by atoms with van der Waals surface area (Å²) in [5.74, 6) is 2.25. The predicted molar refractivity (Wildman–Crippen MR) is 155 cm³/mol. The molecule has 0 aliphatic carbocycles. The van der Waals surface area contributed by atoms with Crippen LogP contribution in [0.15, 0.2) is 72.9 Å². The van der Waals surface area contributed by atoms with E-state index in [1.807, 2.05) is 0 Å². The number of hydrogen-bond donors (Lipinski definition) is 1. The van der Waals surface area contributed by atoms with Crippen molar-refractivity contribution >= 4 is 33.3 Å². The highest BCUT2D eigenvalue weighted by atomic mass is 33.1. The van der Waals surface area contributed by atoms with Crippen LogP contribution in [-0.4, -0.2) is 29.7 Å². The number of carbonyl (C=O) groups excluding carboxylic acids is 2. The molecule has 0 aromatic rings. The summed E-state index contributed by atoms with van der Waals surface area (Å²) in [5, 5.41) is 2.78. The molecule has 0 atom stereocenters. The van der Waals surface area contributed by atoms with Gasteiger partial charge in [0, 0.05) is 37.8 Å². The first-order valence-electron chi connectivity index (χ1n) is 12.6. The van der Waals surface area contributed by atoms with Gasteiger partial charge in [-0.05, 0) is 51.4 Å². The zero-order chi connectivity index (χ0) is 25.0. The van der Waals surface area contributed by atoms with E-state index in [0.29, 0.717) is 25.2 Å². The average molecular weight is 504 g/mol. The van der Waals surface area contributed by atoms with Crippen LogP contribution in [0.1, 0.15) is 78.1 Å². The fourth-order valence-electron chi connectivity index (χ4n) is 2.72. The van der Waals surface area contributed by atoms with Crippen LogP contribution in [0, 0.1) is 0 Å². The van der Waals surface area contributed by atoms with E-state index in [-0.39, 0.29) is 5.91 Å². The zero-order valence-electron chi connectivity index (χ0n) is 21.3. The van der Waals surface area contributed by atoms with Crippen LogP contribution in [0.25, 0.3) is 0 Å². The standard InChI is InChI=1S/C29H45NO2S2/c1-3-4-5-6-7-8-9-10-11-12-13-14-15-16-17-18-19-20-21-23-29(32)24-22-26-33-34-27-25-30-28(2)31/h4-5,7-8,10-11,13-14,16-17,19-20H,3,6,9,12,15,18,21-27H2,1-2H3,(H,30,31)/b5-4-,8-7-,11-10-,14-13-,17-16-,20-19-. The maximum atomic E-state index is 11.9. The number of nitrogens with one attached hydrogen (secondary N) is 1. The van der Waals surface area contributed by atoms with Gasteiger partial charge < -0.3 is 5.32 Å². The molecule has 0 saturated heterocycles. The van der Waals surface area contributed by atoms with E-state index >= 15 is 0 Å². The Bertz CT molecular complexity index is 676. The fraction of sp³-hybridized carbons (Fsp3) is 0.517. The predicted octanol–water partition coefficient (Wildman–Crippen LogP) is 8.33. The van der Waals surface area contributed by atoms with Gasteiger partial charge in [0.15, 0.2) is 0 Å². The minimum Gasteiger partial charge on any atom is -0.355 e. The third-order valence-corrected chi connectivity index (χ3v) is 7.01. The molecule has 5 heteroatoms. The molecule has 0 bridgehead atoms. The summed E-state index contributed by atoms with van der Waals surface area (Å²) in [6.45, 7) is 4.39. The Balaban J connectivity index is 3.52. The van der Waals surface area contributed by atoms with Crippen molar-refractivity contribution in [1.82, 2.24) is 5.32 Å². The van der Waals surface area contributed by atoms with Gasteiger partial charge in [-0.2, -0.15) is 0 Å². The van der Waals surface area contributed by atoms with Gasteiger partial charge in [0.05, 0.1) is 0 Å². The summed E-state index contributed by atoms with van der Waals surface area (Å²) in [6.07, 6.45) is 35.4. The fourth-order valence-corrected chi connectivity index (χ4v) is 4.72. The third-order valence-electron chi connectivity index (χ3n) is 4.51. The van der Waals surface area contributed by atoms with Crippen LogP contribution in [0.2, 0.25) is 0 Å². The molecule has 0 heterocycles. The molecule has 0 aliphatic heterocycles. The van der Waals surface area contributed by atoms with Crippen molar-refractivity contribution in [3.05, 3.63) is 72.9 Å². The van der Waals surface area contributed by atoms with Gasteiger partial charge in [0.25, 0.3) is 0 Å². The second-order valence-electron chi connectivity index (χ2n) is 7.72. The highest BCUT2D eigenvalue weighted by Crippen LogP contribution is 2.21. The lowest BCUT2D eigenvalue weighted by molar-refractivity contribution is -0.119. The van der Waals surface area contributed by atoms with Gasteiger partial charge in [0.2, 0.25) is 5.91 Å². The van der Waals surface area contributed by atoms with Gasteiger partial charge in [-0.1, -0.05) is 101 Å². The summed E-state index contributed by atoms with van der Waals surface area (Å²) in [6, 6.07) is 0. The Labute approximate surface area is 216 Å². The quantitative estimate of drug-likeness (QED) is 0.0916. The number of ketones is 1. The summed E-state index contributed by atoms with van der Waals surface area (Å²) in [5.41, 5.74) is 0. The molecular formula is C29H45NO2S2. The normalized spacial score (nSPS) is 12.5. The van der Waals surface area contributed by atoms with Crippen LogP contribution in [0.3, 0.4) is 0 Å². The van der Waals surface area contributed by atoms with Crippen LogP contribution in [0.4, 0.5) is 0 Å². The summed E-state index contributed by atoms with van der Waals surface area (Å²) in [7, 11) is 3.53. The van der Waals surface area contributed by atoms with Gasteiger partial charge in [-0.25, -0.2) is 0 Å². The smallest absolute Gasteiger partial charge is 0.216 e. The van der Waals surface area contributed by atoms with Gasteiger partial charge >= 0.3 is 0 Å². The van der Waals surface area contributed by atoms with Crippen LogP contribution < -0.4 is 5.32 Å². The molecule has 0 rings (SSSR count). The van der Waals surface area contributed by atoms with E-state index in [9.17, 15) is 9.59 Å². The van der Waals surface area contributed by atoms with E-state index in [1.165, 1.54) is 6.92 Å². The van der Waals surface area contributed by atoms with E-state index < -0.39 is 0 Å². The molecule has 0 aromatic heterocycles. The maximum Gasteiger partial charge on any atom is 0.216 e. The van der Waals surface area contributed by atoms with E-state index in [1.54, 1.807) is 21.6 Å². The van der Waals surface area contributed by atoms with Crippen LogP contribution >= 0.6 is 21.6 Å². The lowest BCUT2D eigenvalue weighted by Gasteiger charge is -2.02. The molecule has 34 heavy (non-hydrogen) atoms. The molecule has 0 saturated carbocycles. The summed E-state index contributed by atoms with van der Waals surface area (Å²) in [4.78, 5) is 22.7. The Morgan fingerprint density at radius 3 is 1.62 bits per heavy atom. The minimum atomic E-state index is 0.0168. The zero-order valence-corrected chi connectivity index (χ0v) is 22.9. The van der Waals surface area contributed by atoms with Gasteiger partial charge in [-0.15, -0.1) is 0 Å². The summed E-state index contributed by atoms with van der Waals surface area (Å²) >= 11 is 0. The van der Waals surface area contributed by atoms with Crippen LogP contribution in [-0.2, 0) is 9.59 Å². The molecular weight excluding hydrogens is 458 g/mol. The molecule has 0 radical (unpaired) electrons. The number of amides is 1. The van der Waals surface area contributed by atoms with Crippen molar-refractivity contribution in [3.8, 4) is 0 Å². The molecule has 0 unspecified atom stereocenters. The summed E-state index contributed by atoms with van der Waals surface area (Å²) < 4.78 is 0.